The van der Waals surface area contributed by atoms with E-state index < -0.39 is 0 Å². The molecule has 0 atom stereocenters. The second-order valence-corrected chi connectivity index (χ2v) is 3.84. The molecule has 1 amide bonds. The van der Waals surface area contributed by atoms with Crippen LogP contribution in [0.5, 0.6) is 0 Å². The summed E-state index contributed by atoms with van der Waals surface area (Å²) < 4.78 is 0. The predicted octanol–water partition coefficient (Wildman–Crippen LogP) is 0.599. The Morgan fingerprint density at radius 1 is 1.07 bits per heavy atom. The van der Waals surface area contributed by atoms with Gasteiger partial charge in [0.2, 0.25) is 0 Å². The smallest absolute Gasteiger partial charge is 0.272 e. The van der Waals surface area contributed by atoms with Crippen molar-refractivity contribution in [1.29, 1.82) is 0 Å². The first-order valence-corrected chi connectivity index (χ1v) is 5.02. The minimum Gasteiger partial charge on any atom is -0.346 e. The van der Waals surface area contributed by atoms with Gasteiger partial charge in [0.1, 0.15) is 0 Å². The first-order valence-electron chi connectivity index (χ1n) is 5.02. The van der Waals surface area contributed by atoms with Crippen molar-refractivity contribution >= 4 is 5.91 Å². The third-order valence-electron chi connectivity index (χ3n) is 3.00. The van der Waals surface area contributed by atoms with Crippen LogP contribution in [0.3, 0.4) is 0 Å². The van der Waals surface area contributed by atoms with Gasteiger partial charge in [0.15, 0.2) is 5.69 Å². The Kier molecular flexibility index (Phi) is 1.56. The van der Waals surface area contributed by atoms with Crippen LogP contribution in [0, 0.1) is 0 Å². The number of carbonyl (C=O) groups excluding carboxylic acids is 1. The molecule has 0 radical (unpaired) electrons. The monoisotopic (exact) mass is 189 g/mol. The van der Waals surface area contributed by atoms with Crippen molar-refractivity contribution in [3.63, 3.8) is 0 Å². The van der Waals surface area contributed by atoms with Crippen LogP contribution in [0.2, 0.25) is 0 Å². The number of nitrogens with zero attached hydrogens (tertiary/aromatic N) is 2. The van der Waals surface area contributed by atoms with Crippen molar-refractivity contribution < 1.29 is 4.79 Å². The van der Waals surface area contributed by atoms with Gasteiger partial charge in [-0.2, -0.15) is 5.10 Å². The first kappa shape index (κ1) is 7.91. The van der Waals surface area contributed by atoms with Crippen molar-refractivity contribution in [2.75, 3.05) is 0 Å². The second-order valence-electron chi connectivity index (χ2n) is 3.84. The summed E-state index contributed by atoms with van der Waals surface area (Å²) in [5, 5.41) is 10.9. The number of hydrogen-bond acceptors (Lipinski definition) is 3. The zero-order valence-electron chi connectivity index (χ0n) is 7.84. The topological polar surface area (TPSA) is 54.9 Å². The Morgan fingerprint density at radius 2 is 1.93 bits per heavy atom. The molecule has 2 aliphatic rings. The van der Waals surface area contributed by atoms with Gasteiger partial charge in [-0.3, -0.25) is 4.79 Å². The molecule has 0 saturated heterocycles. The first-order chi connectivity index (χ1) is 6.86. The normalized spacial score (nSPS) is 18.7. The molecule has 0 saturated carbocycles. The highest BCUT2D eigenvalue weighted by Gasteiger charge is 2.27. The molecule has 1 aliphatic carbocycles. The zero-order chi connectivity index (χ0) is 9.54. The van der Waals surface area contributed by atoms with Gasteiger partial charge in [0, 0.05) is 12.1 Å². The molecule has 1 aromatic rings. The SMILES string of the molecule is O=C1NCc2c1nnc1c2CCCC1. The molecule has 0 bridgehead atoms. The van der Waals surface area contributed by atoms with Crippen LogP contribution in [-0.4, -0.2) is 16.1 Å². The number of aromatic nitrogens is 2. The average molecular weight is 189 g/mol. The summed E-state index contributed by atoms with van der Waals surface area (Å²) in [7, 11) is 0. The highest BCUT2D eigenvalue weighted by atomic mass is 16.2. The summed E-state index contributed by atoms with van der Waals surface area (Å²) in [5.41, 5.74) is 4.02. The van der Waals surface area contributed by atoms with Crippen LogP contribution in [0.4, 0.5) is 0 Å². The van der Waals surface area contributed by atoms with E-state index in [0.717, 1.165) is 24.1 Å². The van der Waals surface area contributed by atoms with E-state index in [2.05, 4.69) is 15.5 Å². The average Bonchev–Trinajstić information content (AvgIpc) is 2.61. The van der Waals surface area contributed by atoms with E-state index in [4.69, 9.17) is 0 Å². The molecule has 1 aliphatic heterocycles. The molecule has 2 heterocycles. The largest absolute Gasteiger partial charge is 0.346 e. The number of nitrogens with one attached hydrogen (secondary N) is 1. The standard InChI is InChI=1S/C10H11N3O/c14-10-9-7(5-11-10)6-3-1-2-4-8(6)12-13-9/h1-5H2,(H,11,14). The van der Waals surface area contributed by atoms with Crippen LogP contribution in [0.1, 0.15) is 40.2 Å². The van der Waals surface area contributed by atoms with Crippen molar-refractivity contribution in [2.24, 2.45) is 0 Å². The van der Waals surface area contributed by atoms with Gasteiger partial charge in [-0.1, -0.05) is 0 Å². The molecule has 0 spiro atoms. The summed E-state index contributed by atoms with van der Waals surface area (Å²) in [6.07, 6.45) is 4.48. The fourth-order valence-electron chi connectivity index (χ4n) is 2.26. The Morgan fingerprint density at radius 3 is 2.86 bits per heavy atom. The molecule has 0 fully saturated rings. The number of aryl methyl sites for hydroxylation is 1. The number of fused-ring (bicyclic) bond motifs is 3. The fourth-order valence-corrected chi connectivity index (χ4v) is 2.26. The lowest BCUT2D eigenvalue weighted by Gasteiger charge is -2.15. The third-order valence-corrected chi connectivity index (χ3v) is 3.00. The quantitative estimate of drug-likeness (QED) is 0.650. The lowest BCUT2D eigenvalue weighted by Crippen LogP contribution is -2.14. The van der Waals surface area contributed by atoms with Crippen LogP contribution >= 0.6 is 0 Å². The van der Waals surface area contributed by atoms with Gasteiger partial charge >= 0.3 is 0 Å². The van der Waals surface area contributed by atoms with E-state index in [0.29, 0.717) is 12.2 Å². The van der Waals surface area contributed by atoms with Crippen LogP contribution < -0.4 is 5.32 Å². The van der Waals surface area contributed by atoms with E-state index in [1.165, 1.54) is 18.4 Å². The van der Waals surface area contributed by atoms with Crippen LogP contribution in [0.15, 0.2) is 0 Å². The lowest BCUT2D eigenvalue weighted by atomic mass is 9.92. The highest BCUT2D eigenvalue weighted by Crippen LogP contribution is 2.26. The Bertz CT molecular complexity index is 414. The van der Waals surface area contributed by atoms with E-state index in [1.54, 1.807) is 0 Å². The Labute approximate surface area is 81.7 Å². The van der Waals surface area contributed by atoms with E-state index >= 15 is 0 Å². The Hall–Kier alpha value is -1.45. The summed E-state index contributed by atoms with van der Waals surface area (Å²) in [5.74, 6) is -0.0686. The van der Waals surface area contributed by atoms with Crippen LogP contribution in [0.25, 0.3) is 0 Å². The molecule has 4 heteroatoms. The van der Waals surface area contributed by atoms with Gasteiger partial charge in [0.05, 0.1) is 5.69 Å². The summed E-state index contributed by atoms with van der Waals surface area (Å²) in [6.45, 7) is 0.645. The molecule has 1 aromatic heterocycles. The number of carbonyl (C=O) groups is 1. The molecule has 14 heavy (non-hydrogen) atoms. The number of rotatable bonds is 0. The molecule has 4 nitrogen and oxygen atoms in total. The second kappa shape index (κ2) is 2.77. The van der Waals surface area contributed by atoms with Gasteiger partial charge < -0.3 is 5.32 Å². The molecule has 0 unspecified atom stereocenters. The molecular formula is C10H11N3O. The van der Waals surface area contributed by atoms with Crippen molar-refractivity contribution in [3.8, 4) is 0 Å². The van der Waals surface area contributed by atoms with Gasteiger partial charge in [0.25, 0.3) is 5.91 Å². The highest BCUT2D eigenvalue weighted by molar-refractivity contribution is 5.96. The van der Waals surface area contributed by atoms with E-state index in [-0.39, 0.29) is 5.91 Å². The molecule has 72 valence electrons. The number of hydrogen-bond donors (Lipinski definition) is 1. The molecule has 3 rings (SSSR count). The molecule has 0 aromatic carbocycles. The maximum absolute atomic E-state index is 11.3. The van der Waals surface area contributed by atoms with Gasteiger partial charge in [-0.05, 0) is 31.2 Å². The summed E-state index contributed by atoms with van der Waals surface area (Å²) in [6, 6.07) is 0. The lowest BCUT2D eigenvalue weighted by molar-refractivity contribution is 0.0960. The van der Waals surface area contributed by atoms with E-state index in [9.17, 15) is 4.79 Å². The zero-order valence-corrected chi connectivity index (χ0v) is 7.84. The Balaban J connectivity index is 2.20. The number of amides is 1. The summed E-state index contributed by atoms with van der Waals surface area (Å²) >= 11 is 0. The summed E-state index contributed by atoms with van der Waals surface area (Å²) in [4.78, 5) is 11.3. The maximum Gasteiger partial charge on any atom is 0.272 e. The van der Waals surface area contributed by atoms with Gasteiger partial charge in [-0.15, -0.1) is 5.10 Å². The minimum absolute atomic E-state index is 0.0686. The van der Waals surface area contributed by atoms with E-state index in [1.807, 2.05) is 0 Å². The van der Waals surface area contributed by atoms with Crippen molar-refractivity contribution in [3.05, 3.63) is 22.5 Å². The predicted molar refractivity (Wildman–Crippen MR) is 49.8 cm³/mol. The molecule has 1 N–H and O–H groups in total. The fraction of sp³-hybridized carbons (Fsp3) is 0.500. The third kappa shape index (κ3) is 0.967. The molecular weight excluding hydrogens is 178 g/mol. The van der Waals surface area contributed by atoms with Crippen molar-refractivity contribution in [1.82, 2.24) is 15.5 Å². The van der Waals surface area contributed by atoms with Crippen LogP contribution in [-0.2, 0) is 19.4 Å². The maximum atomic E-state index is 11.3. The van der Waals surface area contributed by atoms with Gasteiger partial charge in [-0.25, -0.2) is 0 Å². The minimum atomic E-state index is -0.0686. The van der Waals surface area contributed by atoms with Crippen molar-refractivity contribution in [2.45, 2.75) is 32.2 Å².